The fourth-order valence-electron chi connectivity index (χ4n) is 10.8. The van der Waals surface area contributed by atoms with Gasteiger partial charge in [0.1, 0.15) is 23.7 Å². The van der Waals surface area contributed by atoms with Gasteiger partial charge in [0.15, 0.2) is 0 Å². The second-order valence-corrected chi connectivity index (χ2v) is 17.8. The van der Waals surface area contributed by atoms with Gasteiger partial charge in [0, 0.05) is 12.1 Å². The summed E-state index contributed by atoms with van der Waals surface area (Å²) in [6.07, 6.45) is 9.17. The Morgan fingerprint density at radius 2 is 1.08 bits per heavy atom. The van der Waals surface area contributed by atoms with Crippen LogP contribution in [0, 0.1) is 23.7 Å². The summed E-state index contributed by atoms with van der Waals surface area (Å²) in [5.74, 6) is 1.80. The SMILES string of the molecule is COC(=O)N[C@H](C(=O)N1C2CCC(C2)[C@H]1c1ncc(-c2ccc3c(c2)Cc2cc(-c4cnc([C@@H]5C6CCC(C6)N5C(=O)[C@@H](NC(=O)OC)C(C)C)[nH]4)ccc2-3)[nH]1)C(C)C. The minimum absolute atomic E-state index is 0.0889. The molecule has 2 saturated heterocycles. The standard InChI is InChI=1S/C45H54N8O6/c1-22(2)36(50-44(56)58-5)42(54)52-30-11-7-26(18-30)38(52)40-46-20-34(48-40)24-9-13-32-28(15-24)17-29-16-25(10-14-33(29)32)35-21-47-41(49-35)39-27-8-12-31(19-27)53(39)43(55)37(23(3)4)51-45(57)59-6/h9-10,13-16,20-23,26-27,30-31,36-39H,7-8,11-12,17-19H2,1-6H3,(H,46,48)(H,47,49)(H,50,56)(H,51,57)/t26?,27?,30?,31?,36-,37-,38-,39-/m0/s1. The topological polar surface area (TPSA) is 175 Å². The van der Waals surface area contributed by atoms with E-state index in [0.29, 0.717) is 11.8 Å². The predicted molar refractivity (Wildman–Crippen MR) is 220 cm³/mol. The summed E-state index contributed by atoms with van der Waals surface area (Å²) in [5.41, 5.74) is 8.76. The van der Waals surface area contributed by atoms with Crippen LogP contribution < -0.4 is 10.6 Å². The van der Waals surface area contributed by atoms with Gasteiger partial charge in [-0.05, 0) is 114 Å². The van der Waals surface area contributed by atoms with Crippen molar-refractivity contribution in [3.8, 4) is 33.6 Å². The maximum atomic E-state index is 14.0. The van der Waals surface area contributed by atoms with Crippen molar-refractivity contribution >= 4 is 24.0 Å². The van der Waals surface area contributed by atoms with Crippen LogP contribution in [0.4, 0.5) is 9.59 Å². The van der Waals surface area contributed by atoms with Crippen LogP contribution in [0.2, 0.25) is 0 Å². The molecule has 3 aliphatic carbocycles. The zero-order valence-electron chi connectivity index (χ0n) is 34.6. The number of aromatic amines is 2. The van der Waals surface area contributed by atoms with Gasteiger partial charge in [0.2, 0.25) is 11.8 Å². The first-order valence-corrected chi connectivity index (χ1v) is 21.1. The molecule has 2 saturated carbocycles. The summed E-state index contributed by atoms with van der Waals surface area (Å²) in [7, 11) is 2.62. The number of piperidine rings is 2. The van der Waals surface area contributed by atoms with Crippen molar-refractivity contribution in [2.24, 2.45) is 23.7 Å². The molecule has 0 spiro atoms. The zero-order valence-corrected chi connectivity index (χ0v) is 34.6. The van der Waals surface area contributed by atoms with E-state index in [1.54, 1.807) is 0 Å². The number of nitrogens with one attached hydrogen (secondary N) is 4. The van der Waals surface area contributed by atoms with Crippen LogP contribution in [0.15, 0.2) is 48.8 Å². The molecule has 5 aliphatic rings. The van der Waals surface area contributed by atoms with Crippen LogP contribution >= 0.6 is 0 Å². The van der Waals surface area contributed by atoms with Crippen LogP contribution in [0.25, 0.3) is 33.6 Å². The summed E-state index contributed by atoms with van der Waals surface area (Å²) in [5, 5.41) is 5.54. The Hall–Kier alpha value is -5.66. The van der Waals surface area contributed by atoms with Gasteiger partial charge in [-0.3, -0.25) is 9.59 Å². The lowest BCUT2D eigenvalue weighted by molar-refractivity contribution is -0.140. The van der Waals surface area contributed by atoms with Crippen molar-refractivity contribution in [1.29, 1.82) is 0 Å². The monoisotopic (exact) mass is 802 g/mol. The Morgan fingerprint density at radius 3 is 1.47 bits per heavy atom. The van der Waals surface area contributed by atoms with E-state index in [-0.39, 0.29) is 47.8 Å². The number of hydrogen-bond acceptors (Lipinski definition) is 8. The highest BCUT2D eigenvalue weighted by Gasteiger charge is 2.53. The number of H-pyrrole nitrogens is 2. The Labute approximate surface area is 344 Å². The minimum Gasteiger partial charge on any atom is -0.453 e. The van der Waals surface area contributed by atoms with Crippen LogP contribution in [0.5, 0.6) is 0 Å². The number of alkyl carbamates (subject to hydrolysis) is 2. The number of aromatic nitrogens is 4. The number of imidazole rings is 2. The molecule has 9 rings (SSSR count). The number of hydrogen-bond donors (Lipinski definition) is 4. The van der Waals surface area contributed by atoms with Gasteiger partial charge in [-0.1, -0.05) is 52.0 Å². The second kappa shape index (κ2) is 15.2. The molecule has 4 fully saturated rings. The molecule has 8 atom stereocenters. The van der Waals surface area contributed by atoms with E-state index in [0.717, 1.165) is 79.1 Å². The molecule has 2 aromatic heterocycles. The highest BCUT2D eigenvalue weighted by Crippen LogP contribution is 2.52. The molecule has 2 aromatic carbocycles. The molecule has 4 unspecified atom stereocenters. The summed E-state index contributed by atoms with van der Waals surface area (Å²) in [6, 6.07) is 11.6. The van der Waals surface area contributed by atoms with E-state index in [9.17, 15) is 19.2 Å². The first-order chi connectivity index (χ1) is 28.4. The number of amides is 4. The van der Waals surface area contributed by atoms with E-state index in [1.165, 1.54) is 36.5 Å². The average Bonchev–Trinajstić information content (AvgIpc) is 4.10. The molecule has 4 heterocycles. The third kappa shape index (κ3) is 6.73. The number of nitrogens with zero attached hydrogens (tertiary/aromatic N) is 4. The molecular weight excluding hydrogens is 749 g/mol. The second-order valence-electron chi connectivity index (χ2n) is 17.8. The van der Waals surface area contributed by atoms with Gasteiger partial charge < -0.3 is 39.9 Å². The van der Waals surface area contributed by atoms with Gasteiger partial charge in [-0.2, -0.15) is 0 Å². The van der Waals surface area contributed by atoms with E-state index in [2.05, 4.69) is 57.0 Å². The first kappa shape index (κ1) is 38.8. The van der Waals surface area contributed by atoms with E-state index in [4.69, 9.17) is 19.4 Å². The lowest BCUT2D eigenvalue weighted by Gasteiger charge is -2.37. The van der Waals surface area contributed by atoms with E-state index < -0.39 is 24.3 Å². The van der Waals surface area contributed by atoms with Crippen LogP contribution in [0.1, 0.15) is 101 Å². The predicted octanol–water partition coefficient (Wildman–Crippen LogP) is 6.90. The molecule has 4 N–H and O–H groups in total. The zero-order chi connectivity index (χ0) is 41.3. The average molecular weight is 803 g/mol. The third-order valence-electron chi connectivity index (χ3n) is 13.7. The van der Waals surface area contributed by atoms with Crippen LogP contribution in [0.3, 0.4) is 0 Å². The molecule has 0 radical (unpaired) electrons. The highest BCUT2D eigenvalue weighted by atomic mass is 16.5. The molecule has 4 bridgehead atoms. The van der Waals surface area contributed by atoms with Gasteiger partial charge in [-0.15, -0.1) is 0 Å². The summed E-state index contributed by atoms with van der Waals surface area (Å²) in [4.78, 5) is 73.2. The fraction of sp³-hybridized carbons (Fsp3) is 0.511. The van der Waals surface area contributed by atoms with Crippen molar-refractivity contribution in [2.75, 3.05) is 14.2 Å². The normalized spacial score (nSPS) is 24.7. The lowest BCUT2D eigenvalue weighted by atomic mass is 9.95. The van der Waals surface area contributed by atoms with Crippen molar-refractivity contribution in [3.63, 3.8) is 0 Å². The molecule has 14 heteroatoms. The number of ether oxygens (including phenoxy) is 2. The Morgan fingerprint density at radius 1 is 0.661 bits per heavy atom. The van der Waals surface area contributed by atoms with E-state index >= 15 is 0 Å². The molecule has 59 heavy (non-hydrogen) atoms. The molecule has 4 amide bonds. The van der Waals surface area contributed by atoms with Gasteiger partial charge in [0.05, 0.1) is 50.1 Å². The summed E-state index contributed by atoms with van der Waals surface area (Å²) < 4.78 is 9.68. The Balaban J connectivity index is 0.921. The first-order valence-electron chi connectivity index (χ1n) is 21.1. The largest absolute Gasteiger partial charge is 0.453 e. The van der Waals surface area contributed by atoms with Crippen LogP contribution in [-0.2, 0) is 25.5 Å². The lowest BCUT2D eigenvalue weighted by Crippen LogP contribution is -2.54. The highest BCUT2D eigenvalue weighted by molar-refractivity contribution is 5.88. The number of methoxy groups -OCH3 is 2. The number of likely N-dealkylation sites (tertiary alicyclic amines) is 2. The maximum Gasteiger partial charge on any atom is 0.407 e. The minimum atomic E-state index is -0.683. The van der Waals surface area contributed by atoms with Gasteiger partial charge >= 0.3 is 12.2 Å². The molecule has 14 nitrogen and oxygen atoms in total. The molecule has 4 aromatic rings. The van der Waals surface area contributed by atoms with Crippen molar-refractivity contribution in [3.05, 3.63) is 71.6 Å². The van der Waals surface area contributed by atoms with E-state index in [1.807, 2.05) is 49.9 Å². The summed E-state index contributed by atoms with van der Waals surface area (Å²) in [6.45, 7) is 7.74. The van der Waals surface area contributed by atoms with Crippen LogP contribution in [-0.4, -0.2) is 92.1 Å². The Bertz CT molecular complexity index is 2140. The molecular formula is C45H54N8O6. The van der Waals surface area contributed by atoms with Crippen molar-refractivity contribution < 1.29 is 28.7 Å². The molecule has 310 valence electrons. The number of carbonyl (C=O) groups is 4. The molecule has 2 aliphatic heterocycles. The Kier molecular flexibility index (Phi) is 9.99. The van der Waals surface area contributed by atoms with Crippen molar-refractivity contribution in [1.82, 2.24) is 40.4 Å². The smallest absolute Gasteiger partial charge is 0.407 e. The third-order valence-corrected chi connectivity index (χ3v) is 13.7. The number of benzene rings is 2. The number of carbonyl (C=O) groups excluding carboxylic acids is 4. The maximum absolute atomic E-state index is 14.0. The quantitative estimate of drug-likeness (QED) is 0.118. The van der Waals surface area contributed by atoms with Gasteiger partial charge in [0.25, 0.3) is 0 Å². The summed E-state index contributed by atoms with van der Waals surface area (Å²) >= 11 is 0. The van der Waals surface area contributed by atoms with Crippen molar-refractivity contribution in [2.45, 2.75) is 109 Å². The number of fused-ring (bicyclic) bond motifs is 7. The fourth-order valence-corrected chi connectivity index (χ4v) is 10.8. The van der Waals surface area contributed by atoms with Gasteiger partial charge in [-0.25, -0.2) is 19.6 Å². The number of rotatable bonds is 10.